The summed E-state index contributed by atoms with van der Waals surface area (Å²) in [7, 11) is 1.62. The van der Waals surface area contributed by atoms with Gasteiger partial charge in [-0.1, -0.05) is 23.5 Å². The van der Waals surface area contributed by atoms with Gasteiger partial charge in [0, 0.05) is 18.4 Å². The molecule has 0 radical (unpaired) electrons. The van der Waals surface area contributed by atoms with Gasteiger partial charge in [0.1, 0.15) is 15.8 Å². The molecule has 1 aromatic heterocycles. The lowest BCUT2D eigenvalue weighted by atomic mass is 10.2. The van der Waals surface area contributed by atoms with Gasteiger partial charge in [-0.2, -0.15) is 5.26 Å². The van der Waals surface area contributed by atoms with Crippen LogP contribution in [0.4, 0.5) is 5.00 Å². The summed E-state index contributed by atoms with van der Waals surface area (Å²) in [5.74, 6) is 0.731. The highest BCUT2D eigenvalue weighted by atomic mass is 32.1. The van der Waals surface area contributed by atoms with Gasteiger partial charge in [-0.25, -0.2) is 4.98 Å². The van der Waals surface area contributed by atoms with Crippen LogP contribution in [0.5, 0.6) is 5.75 Å². The summed E-state index contributed by atoms with van der Waals surface area (Å²) >= 11 is 1.43. The van der Waals surface area contributed by atoms with Crippen molar-refractivity contribution in [1.82, 2.24) is 4.98 Å². The molecule has 2 aromatic rings. The number of hydrogen-bond acceptors (Lipinski definition) is 5. The molecule has 0 atom stereocenters. The number of rotatable bonds is 7. The number of carbonyl (C=O) groups excluding carboxylic acids is 1. The molecule has 6 heteroatoms. The number of unbranched alkanes of at least 4 members (excludes halogenated alkanes) is 2. The maximum Gasteiger partial charge on any atom is 0.225 e. The van der Waals surface area contributed by atoms with Crippen LogP contribution in [-0.4, -0.2) is 18.0 Å². The molecular weight excluding hydrogens is 298 g/mol. The second-order valence-corrected chi connectivity index (χ2v) is 5.71. The average Bonchev–Trinajstić information content (AvgIpc) is 3.00. The van der Waals surface area contributed by atoms with Crippen molar-refractivity contribution in [3.63, 3.8) is 0 Å². The summed E-state index contributed by atoms with van der Waals surface area (Å²) in [6, 6.07) is 9.72. The molecule has 0 aliphatic rings. The lowest BCUT2D eigenvalue weighted by molar-refractivity contribution is -0.116. The van der Waals surface area contributed by atoms with Gasteiger partial charge in [0.25, 0.3) is 0 Å². The standard InChI is InChI=1S/C16H17N3O2S/c1-21-13-7-5-6-12(10-13)16-18-11-15(22-16)19-14(20)8-3-2-4-9-17/h5-7,10-11H,2-4,8H2,1H3,(H,19,20). The molecule has 0 saturated heterocycles. The Morgan fingerprint density at radius 2 is 2.32 bits per heavy atom. The molecule has 2 rings (SSSR count). The lowest BCUT2D eigenvalue weighted by Crippen LogP contribution is -2.09. The van der Waals surface area contributed by atoms with Crippen molar-refractivity contribution in [2.45, 2.75) is 25.7 Å². The summed E-state index contributed by atoms with van der Waals surface area (Å²) in [5, 5.41) is 12.8. The van der Waals surface area contributed by atoms with Crippen molar-refractivity contribution < 1.29 is 9.53 Å². The van der Waals surface area contributed by atoms with Gasteiger partial charge in [0.15, 0.2) is 0 Å². The first-order valence-electron chi connectivity index (χ1n) is 7.00. The quantitative estimate of drug-likeness (QED) is 0.788. The molecule has 0 aliphatic carbocycles. The number of nitrogens with zero attached hydrogens (tertiary/aromatic N) is 2. The minimum atomic E-state index is -0.0428. The molecule has 0 saturated carbocycles. The number of hydrogen-bond donors (Lipinski definition) is 1. The third kappa shape index (κ3) is 4.57. The van der Waals surface area contributed by atoms with E-state index in [4.69, 9.17) is 10.00 Å². The average molecular weight is 315 g/mol. The van der Waals surface area contributed by atoms with Gasteiger partial charge >= 0.3 is 0 Å². The van der Waals surface area contributed by atoms with E-state index in [-0.39, 0.29) is 5.91 Å². The van der Waals surface area contributed by atoms with Gasteiger partial charge < -0.3 is 10.1 Å². The van der Waals surface area contributed by atoms with Crippen LogP contribution in [0.2, 0.25) is 0 Å². The van der Waals surface area contributed by atoms with Crippen LogP contribution >= 0.6 is 11.3 Å². The van der Waals surface area contributed by atoms with Crippen LogP contribution in [0.3, 0.4) is 0 Å². The molecule has 0 unspecified atom stereocenters. The number of aromatic nitrogens is 1. The smallest absolute Gasteiger partial charge is 0.225 e. The molecule has 1 heterocycles. The molecule has 0 aliphatic heterocycles. The highest BCUT2D eigenvalue weighted by Gasteiger charge is 2.08. The molecule has 1 N–H and O–H groups in total. The Morgan fingerprint density at radius 3 is 3.09 bits per heavy atom. The van der Waals surface area contributed by atoms with Gasteiger partial charge in [-0.3, -0.25) is 4.79 Å². The second-order valence-electron chi connectivity index (χ2n) is 4.68. The third-order valence-corrected chi connectivity index (χ3v) is 3.99. The van der Waals surface area contributed by atoms with E-state index < -0.39 is 0 Å². The summed E-state index contributed by atoms with van der Waals surface area (Å²) in [6.45, 7) is 0. The molecule has 22 heavy (non-hydrogen) atoms. The van der Waals surface area contributed by atoms with Crippen molar-refractivity contribution in [3.8, 4) is 22.4 Å². The number of carbonyl (C=O) groups is 1. The number of methoxy groups -OCH3 is 1. The van der Waals surface area contributed by atoms with Crippen LogP contribution < -0.4 is 10.1 Å². The van der Waals surface area contributed by atoms with Crippen LogP contribution in [0, 0.1) is 11.3 Å². The molecule has 0 bridgehead atoms. The second kappa shape index (κ2) is 8.15. The molecule has 1 amide bonds. The molecule has 114 valence electrons. The van der Waals surface area contributed by atoms with E-state index in [2.05, 4.69) is 16.4 Å². The zero-order valence-electron chi connectivity index (χ0n) is 12.3. The highest BCUT2D eigenvalue weighted by molar-refractivity contribution is 7.19. The summed E-state index contributed by atoms with van der Waals surface area (Å²) in [4.78, 5) is 16.1. The number of amides is 1. The van der Waals surface area contributed by atoms with Gasteiger partial charge in [0.2, 0.25) is 5.91 Å². The predicted molar refractivity (Wildman–Crippen MR) is 86.8 cm³/mol. The van der Waals surface area contributed by atoms with Crippen molar-refractivity contribution in [3.05, 3.63) is 30.5 Å². The van der Waals surface area contributed by atoms with E-state index in [0.717, 1.165) is 34.2 Å². The zero-order valence-corrected chi connectivity index (χ0v) is 13.2. The highest BCUT2D eigenvalue weighted by Crippen LogP contribution is 2.30. The number of nitriles is 1. The van der Waals surface area contributed by atoms with Crippen molar-refractivity contribution in [2.75, 3.05) is 12.4 Å². The fourth-order valence-corrected chi connectivity index (χ4v) is 2.74. The summed E-state index contributed by atoms with van der Waals surface area (Å²) in [5.41, 5.74) is 0.957. The monoisotopic (exact) mass is 315 g/mol. The van der Waals surface area contributed by atoms with E-state index in [0.29, 0.717) is 12.8 Å². The first-order valence-corrected chi connectivity index (χ1v) is 7.81. The van der Waals surface area contributed by atoms with Gasteiger partial charge in [0.05, 0.1) is 19.4 Å². The number of nitrogens with one attached hydrogen (secondary N) is 1. The van der Waals surface area contributed by atoms with Crippen LogP contribution in [0.15, 0.2) is 30.5 Å². The molecule has 0 fully saturated rings. The van der Waals surface area contributed by atoms with Crippen LogP contribution in [-0.2, 0) is 4.79 Å². The van der Waals surface area contributed by atoms with E-state index in [9.17, 15) is 4.79 Å². The first-order chi connectivity index (χ1) is 10.7. The molecule has 5 nitrogen and oxygen atoms in total. The number of anilines is 1. The Kier molecular flexibility index (Phi) is 5.92. The Labute approximate surface area is 133 Å². The Morgan fingerprint density at radius 1 is 1.45 bits per heavy atom. The maximum absolute atomic E-state index is 11.8. The van der Waals surface area contributed by atoms with Crippen LogP contribution in [0.1, 0.15) is 25.7 Å². The fourth-order valence-electron chi connectivity index (χ4n) is 1.91. The van der Waals surface area contributed by atoms with Crippen molar-refractivity contribution >= 4 is 22.2 Å². The van der Waals surface area contributed by atoms with E-state index in [1.54, 1.807) is 13.3 Å². The Hall–Kier alpha value is -2.39. The van der Waals surface area contributed by atoms with E-state index in [1.807, 2.05) is 24.3 Å². The largest absolute Gasteiger partial charge is 0.497 e. The molecular formula is C16H17N3O2S. The number of ether oxygens (including phenoxy) is 1. The van der Waals surface area contributed by atoms with E-state index >= 15 is 0 Å². The Bertz CT molecular complexity index is 676. The molecule has 1 aromatic carbocycles. The van der Waals surface area contributed by atoms with Crippen molar-refractivity contribution in [1.29, 1.82) is 5.26 Å². The minimum Gasteiger partial charge on any atom is -0.497 e. The van der Waals surface area contributed by atoms with E-state index in [1.165, 1.54) is 11.3 Å². The molecule has 0 spiro atoms. The zero-order chi connectivity index (χ0) is 15.8. The predicted octanol–water partition coefficient (Wildman–Crippen LogP) is 3.84. The van der Waals surface area contributed by atoms with Crippen molar-refractivity contribution in [2.24, 2.45) is 0 Å². The third-order valence-electron chi connectivity index (χ3n) is 3.03. The summed E-state index contributed by atoms with van der Waals surface area (Å²) in [6.07, 6.45) is 4.05. The topological polar surface area (TPSA) is 75.0 Å². The minimum absolute atomic E-state index is 0.0428. The fraction of sp³-hybridized carbons (Fsp3) is 0.312. The number of thiazole rings is 1. The van der Waals surface area contributed by atoms with Gasteiger partial charge in [-0.05, 0) is 25.0 Å². The first kappa shape index (κ1) is 16.0. The lowest BCUT2D eigenvalue weighted by Gasteiger charge is -2.02. The summed E-state index contributed by atoms with van der Waals surface area (Å²) < 4.78 is 5.20. The van der Waals surface area contributed by atoms with Gasteiger partial charge in [-0.15, -0.1) is 0 Å². The van der Waals surface area contributed by atoms with Crippen LogP contribution in [0.25, 0.3) is 10.6 Å². The SMILES string of the molecule is COc1cccc(-c2ncc(NC(=O)CCCCC#N)s2)c1. The Balaban J connectivity index is 1.93. The maximum atomic E-state index is 11.8. The number of benzene rings is 1. The normalized spacial score (nSPS) is 10.0.